The first-order chi connectivity index (χ1) is 29.5. The van der Waals surface area contributed by atoms with Crippen molar-refractivity contribution in [1.82, 2.24) is 0 Å². The molecule has 0 saturated heterocycles. The molecular formula is C59H43N. The SMILES string of the molecule is CC1(C)c2cc(-c3ccc(-c4ccccc4)cc3)ccc2-c2ccc(N(c3ccc(-c4cccc(-c5ccccc5)c4)cc3)c3cc4ccccc4c4ccccc34)cc21. The normalized spacial score (nSPS) is 12.6. The third-order valence-electron chi connectivity index (χ3n) is 12.7. The zero-order chi connectivity index (χ0) is 40.2. The molecule has 1 heteroatoms. The fourth-order valence-electron chi connectivity index (χ4n) is 9.49. The topological polar surface area (TPSA) is 3.24 Å². The fourth-order valence-corrected chi connectivity index (χ4v) is 9.49. The van der Waals surface area contributed by atoms with E-state index >= 15 is 0 Å². The highest BCUT2D eigenvalue weighted by atomic mass is 15.1. The first-order valence-electron chi connectivity index (χ1n) is 20.9. The largest absolute Gasteiger partial charge is 0.310 e. The lowest BCUT2D eigenvalue weighted by Crippen LogP contribution is -2.17. The minimum Gasteiger partial charge on any atom is -0.310 e. The molecule has 0 unspecified atom stereocenters. The van der Waals surface area contributed by atoms with Crippen molar-refractivity contribution in [2.24, 2.45) is 0 Å². The maximum Gasteiger partial charge on any atom is 0.0546 e. The molecule has 0 bridgehead atoms. The van der Waals surface area contributed by atoms with Crippen LogP contribution in [-0.4, -0.2) is 0 Å². The summed E-state index contributed by atoms with van der Waals surface area (Å²) in [5.41, 5.74) is 18.3. The van der Waals surface area contributed by atoms with E-state index in [-0.39, 0.29) is 5.41 Å². The van der Waals surface area contributed by atoms with E-state index in [9.17, 15) is 0 Å². The number of nitrogens with zero attached hydrogens (tertiary/aromatic N) is 1. The van der Waals surface area contributed by atoms with Crippen molar-refractivity contribution in [2.45, 2.75) is 19.3 Å². The van der Waals surface area contributed by atoms with Gasteiger partial charge in [-0.2, -0.15) is 0 Å². The predicted molar refractivity (Wildman–Crippen MR) is 255 cm³/mol. The smallest absolute Gasteiger partial charge is 0.0546 e. The van der Waals surface area contributed by atoms with Crippen molar-refractivity contribution in [1.29, 1.82) is 0 Å². The summed E-state index contributed by atoms with van der Waals surface area (Å²) in [5, 5.41) is 4.97. The first-order valence-corrected chi connectivity index (χ1v) is 20.9. The van der Waals surface area contributed by atoms with Gasteiger partial charge in [-0.05, 0) is 125 Å². The molecule has 0 amide bonds. The Morgan fingerprint density at radius 2 is 0.733 bits per heavy atom. The molecule has 0 heterocycles. The highest BCUT2D eigenvalue weighted by molar-refractivity contribution is 6.14. The molecule has 10 aromatic carbocycles. The van der Waals surface area contributed by atoms with Gasteiger partial charge in [0.15, 0.2) is 0 Å². The third-order valence-corrected chi connectivity index (χ3v) is 12.7. The van der Waals surface area contributed by atoms with E-state index in [1.54, 1.807) is 0 Å². The molecule has 0 N–H and O–H groups in total. The Balaban J connectivity index is 1.01. The maximum absolute atomic E-state index is 2.47. The van der Waals surface area contributed by atoms with Gasteiger partial charge in [0.1, 0.15) is 0 Å². The average molecular weight is 766 g/mol. The Morgan fingerprint density at radius 3 is 1.40 bits per heavy atom. The number of anilines is 3. The van der Waals surface area contributed by atoms with Crippen molar-refractivity contribution < 1.29 is 0 Å². The second-order valence-electron chi connectivity index (χ2n) is 16.6. The monoisotopic (exact) mass is 765 g/mol. The van der Waals surface area contributed by atoms with E-state index in [0.29, 0.717) is 0 Å². The van der Waals surface area contributed by atoms with Crippen LogP contribution in [0.25, 0.3) is 77.2 Å². The molecule has 0 fully saturated rings. The van der Waals surface area contributed by atoms with Crippen molar-refractivity contribution in [2.75, 3.05) is 4.90 Å². The van der Waals surface area contributed by atoms with Crippen LogP contribution in [0.3, 0.4) is 0 Å². The second-order valence-corrected chi connectivity index (χ2v) is 16.6. The Kier molecular flexibility index (Phi) is 8.57. The van der Waals surface area contributed by atoms with Crippen molar-refractivity contribution in [3.8, 4) is 55.6 Å². The molecule has 60 heavy (non-hydrogen) atoms. The van der Waals surface area contributed by atoms with Crippen LogP contribution in [0, 0.1) is 0 Å². The lowest BCUT2D eigenvalue weighted by atomic mass is 9.81. The molecule has 1 nitrogen and oxygen atoms in total. The summed E-state index contributed by atoms with van der Waals surface area (Å²) >= 11 is 0. The van der Waals surface area contributed by atoms with Crippen molar-refractivity contribution >= 4 is 38.6 Å². The summed E-state index contributed by atoms with van der Waals surface area (Å²) in [5.74, 6) is 0. The van der Waals surface area contributed by atoms with Crippen LogP contribution < -0.4 is 4.90 Å². The number of fused-ring (bicyclic) bond motifs is 6. The molecule has 284 valence electrons. The van der Waals surface area contributed by atoms with E-state index in [1.807, 2.05) is 0 Å². The van der Waals surface area contributed by atoms with Crippen LogP contribution in [0.4, 0.5) is 17.1 Å². The van der Waals surface area contributed by atoms with Crippen LogP contribution in [0.1, 0.15) is 25.0 Å². The second kappa shape index (κ2) is 14.4. The zero-order valence-corrected chi connectivity index (χ0v) is 33.8. The summed E-state index contributed by atoms with van der Waals surface area (Å²) in [6, 6.07) is 82.4. The standard InChI is InChI=1S/C59H43N/c1-59(2)56-37-47(43-26-24-42(25-27-43)40-14-5-3-6-15-40)30-34-53(56)54-35-33-50(39-57(54)59)60(58-38-48-18-9-10-21-51(48)52-22-11-12-23-55(52)58)49-31-28-44(29-32-49)46-20-13-19-45(36-46)41-16-7-4-8-17-41/h3-39H,1-2H3. The molecule has 0 spiro atoms. The quantitative estimate of drug-likeness (QED) is 0.146. The van der Waals surface area contributed by atoms with Crippen LogP contribution >= 0.6 is 0 Å². The molecule has 0 radical (unpaired) electrons. The van der Waals surface area contributed by atoms with Gasteiger partial charge in [-0.25, -0.2) is 0 Å². The predicted octanol–water partition coefficient (Wildman–Crippen LogP) is 16.4. The van der Waals surface area contributed by atoms with Gasteiger partial charge >= 0.3 is 0 Å². The van der Waals surface area contributed by atoms with Gasteiger partial charge in [0.05, 0.1) is 5.69 Å². The lowest BCUT2D eigenvalue weighted by Gasteiger charge is -2.29. The summed E-state index contributed by atoms with van der Waals surface area (Å²) < 4.78 is 0. The molecule has 1 aliphatic carbocycles. The van der Waals surface area contributed by atoms with Gasteiger partial charge in [-0.3, -0.25) is 0 Å². The van der Waals surface area contributed by atoms with Gasteiger partial charge in [-0.15, -0.1) is 0 Å². The molecule has 0 aromatic heterocycles. The summed E-state index contributed by atoms with van der Waals surface area (Å²) in [7, 11) is 0. The van der Waals surface area contributed by atoms with E-state index in [1.165, 1.54) is 88.3 Å². The number of rotatable bonds is 7. The van der Waals surface area contributed by atoms with Gasteiger partial charge in [0.2, 0.25) is 0 Å². The minimum atomic E-state index is -0.203. The molecule has 0 saturated carbocycles. The summed E-state index contributed by atoms with van der Waals surface area (Å²) in [6.45, 7) is 4.77. The van der Waals surface area contributed by atoms with E-state index in [0.717, 1.165) is 17.1 Å². The Labute approximate surface area is 352 Å². The summed E-state index contributed by atoms with van der Waals surface area (Å²) in [6.07, 6.45) is 0. The molecule has 0 atom stereocenters. The van der Waals surface area contributed by atoms with Crippen LogP contribution in [0.15, 0.2) is 224 Å². The van der Waals surface area contributed by atoms with Crippen molar-refractivity contribution in [3.05, 3.63) is 236 Å². The van der Waals surface area contributed by atoms with Gasteiger partial charge < -0.3 is 4.90 Å². The van der Waals surface area contributed by atoms with Crippen LogP contribution in [0.5, 0.6) is 0 Å². The molecule has 10 aromatic rings. The average Bonchev–Trinajstić information content (AvgIpc) is 3.54. The van der Waals surface area contributed by atoms with Gasteiger partial charge in [-0.1, -0.05) is 196 Å². The third kappa shape index (κ3) is 6.10. The zero-order valence-electron chi connectivity index (χ0n) is 33.8. The lowest BCUT2D eigenvalue weighted by molar-refractivity contribution is 0.660. The first kappa shape index (κ1) is 35.7. The van der Waals surface area contributed by atoms with Crippen LogP contribution in [0.2, 0.25) is 0 Å². The Hall–Kier alpha value is -7.48. The Morgan fingerprint density at radius 1 is 0.300 bits per heavy atom. The van der Waals surface area contributed by atoms with E-state index in [2.05, 4.69) is 243 Å². The highest BCUT2D eigenvalue weighted by Crippen LogP contribution is 2.52. The minimum absolute atomic E-state index is 0.203. The summed E-state index contributed by atoms with van der Waals surface area (Å²) in [4.78, 5) is 2.47. The van der Waals surface area contributed by atoms with Gasteiger partial charge in [0, 0.05) is 22.2 Å². The fraction of sp³-hybridized carbons (Fsp3) is 0.0508. The van der Waals surface area contributed by atoms with Crippen molar-refractivity contribution in [3.63, 3.8) is 0 Å². The number of benzene rings is 10. The molecule has 11 rings (SSSR count). The van der Waals surface area contributed by atoms with E-state index in [4.69, 9.17) is 0 Å². The van der Waals surface area contributed by atoms with E-state index < -0.39 is 0 Å². The molecular weight excluding hydrogens is 723 g/mol. The Bertz CT molecular complexity index is 3200. The molecule has 1 aliphatic rings. The maximum atomic E-state index is 2.47. The highest BCUT2D eigenvalue weighted by Gasteiger charge is 2.36. The van der Waals surface area contributed by atoms with Gasteiger partial charge in [0.25, 0.3) is 0 Å². The number of hydrogen-bond donors (Lipinski definition) is 0. The van der Waals surface area contributed by atoms with Crippen LogP contribution in [-0.2, 0) is 5.41 Å². The number of hydrogen-bond acceptors (Lipinski definition) is 1. The molecule has 0 aliphatic heterocycles.